The third kappa shape index (κ3) is 5.03. The summed E-state index contributed by atoms with van der Waals surface area (Å²) in [5.41, 5.74) is 14.9. The van der Waals surface area contributed by atoms with Gasteiger partial charge in [-0.15, -0.1) is 0 Å². The van der Waals surface area contributed by atoms with Crippen LogP contribution in [0.2, 0.25) is 0 Å². The molecule has 0 saturated heterocycles. The number of benzene rings is 2. The van der Waals surface area contributed by atoms with Crippen molar-refractivity contribution >= 4 is 23.0 Å². The van der Waals surface area contributed by atoms with E-state index in [1.807, 2.05) is 48.5 Å². The minimum Gasteiger partial charge on any atom is -0.385 e. The van der Waals surface area contributed by atoms with Crippen molar-refractivity contribution in [1.29, 1.82) is 0 Å². The first-order valence-electron chi connectivity index (χ1n) is 7.50. The maximum Gasteiger partial charge on any atom is 0.270 e. The second-order valence-corrected chi connectivity index (χ2v) is 5.27. The highest BCUT2D eigenvalue weighted by atomic mass is 14.9. The summed E-state index contributed by atoms with van der Waals surface area (Å²) in [5.74, 6) is 0.668. The van der Waals surface area contributed by atoms with E-state index in [0.29, 0.717) is 11.7 Å². The predicted molar refractivity (Wildman–Crippen MR) is 94.9 cm³/mol. The third-order valence-corrected chi connectivity index (χ3v) is 3.45. The van der Waals surface area contributed by atoms with Gasteiger partial charge in [-0.25, -0.2) is 0 Å². The molecule has 0 aliphatic rings. The number of anilines is 2. The number of nitrogens with two attached hydrogens (primary N) is 4. The van der Waals surface area contributed by atoms with Crippen molar-refractivity contribution in [2.75, 3.05) is 23.7 Å². The molecule has 0 amide bonds. The monoisotopic (exact) mass is 312 g/mol. The molecule has 0 unspecified atom stereocenters. The average Bonchev–Trinajstić information content (AvgIpc) is 2.55. The molecule has 0 fully saturated rings. The van der Waals surface area contributed by atoms with Gasteiger partial charge in [-0.2, -0.15) is 0 Å². The first kappa shape index (κ1) is 16.4. The Hall–Kier alpha value is -3.02. The van der Waals surface area contributed by atoms with E-state index in [9.17, 15) is 0 Å². The van der Waals surface area contributed by atoms with E-state index in [-0.39, 0.29) is 0 Å². The average molecular weight is 312 g/mol. The smallest absolute Gasteiger partial charge is 0.270 e. The molecule has 0 aliphatic carbocycles. The molecule has 0 radical (unpaired) electrons. The highest BCUT2D eigenvalue weighted by Gasteiger charge is 2.01. The normalized spacial score (nSPS) is 10.1. The molecule has 6 nitrogen and oxygen atoms in total. The van der Waals surface area contributed by atoms with Crippen LogP contribution in [0, 0.1) is 0 Å². The summed E-state index contributed by atoms with van der Waals surface area (Å²) in [6, 6.07) is 15.5. The fraction of sp³-hybridized carbons (Fsp3) is 0.176. The van der Waals surface area contributed by atoms with Crippen LogP contribution in [0.25, 0.3) is 0 Å². The maximum atomic E-state index is 5.54. The Morgan fingerprint density at radius 1 is 0.696 bits per heavy atom. The van der Waals surface area contributed by atoms with Crippen LogP contribution in [0.4, 0.5) is 11.4 Å². The lowest BCUT2D eigenvalue weighted by Gasteiger charge is -2.09. The zero-order chi connectivity index (χ0) is 16.7. The van der Waals surface area contributed by atoms with Gasteiger partial charge in [0.05, 0.1) is 11.1 Å². The first-order valence-corrected chi connectivity index (χ1v) is 7.50. The minimum absolute atomic E-state index is 0.334. The topological polar surface area (TPSA) is 127 Å². The van der Waals surface area contributed by atoms with Crippen LogP contribution < -0.4 is 32.9 Å². The zero-order valence-electron chi connectivity index (χ0n) is 13.0. The van der Waals surface area contributed by atoms with Crippen molar-refractivity contribution in [3.8, 4) is 0 Å². The van der Waals surface area contributed by atoms with Crippen LogP contribution in [0.15, 0.2) is 48.5 Å². The molecule has 10 N–H and O–H groups in total. The van der Waals surface area contributed by atoms with Crippen molar-refractivity contribution in [3.05, 3.63) is 59.7 Å². The van der Waals surface area contributed by atoms with Gasteiger partial charge < -0.3 is 10.6 Å². The summed E-state index contributed by atoms with van der Waals surface area (Å²) in [6.07, 6.45) is 0.986. The Morgan fingerprint density at radius 3 is 1.35 bits per heavy atom. The second kappa shape index (κ2) is 7.84. The number of amidine groups is 2. The molecule has 0 aromatic heterocycles. The van der Waals surface area contributed by atoms with Crippen molar-refractivity contribution < 1.29 is 10.8 Å². The molecule has 6 heteroatoms. The molecule has 0 atom stereocenters. The molecule has 0 aliphatic heterocycles. The van der Waals surface area contributed by atoms with E-state index >= 15 is 0 Å². The molecule has 2 rings (SSSR count). The van der Waals surface area contributed by atoms with Gasteiger partial charge in [0.2, 0.25) is 0 Å². The quantitative estimate of drug-likeness (QED) is 0.202. The van der Waals surface area contributed by atoms with Crippen LogP contribution in [0.5, 0.6) is 0 Å². The highest BCUT2D eigenvalue weighted by molar-refractivity contribution is 5.93. The molecule has 0 spiro atoms. The first-order chi connectivity index (χ1) is 11.1. The Labute approximate surface area is 135 Å². The van der Waals surface area contributed by atoms with Crippen LogP contribution >= 0.6 is 0 Å². The molecule has 0 heterocycles. The highest BCUT2D eigenvalue weighted by Crippen LogP contribution is 2.10. The molecule has 2 aromatic carbocycles. The van der Waals surface area contributed by atoms with Crippen LogP contribution in [0.3, 0.4) is 0 Å². The lowest BCUT2D eigenvalue weighted by molar-refractivity contribution is -0.115. The van der Waals surface area contributed by atoms with Gasteiger partial charge in [-0.1, -0.05) is 0 Å². The van der Waals surface area contributed by atoms with Gasteiger partial charge in [0, 0.05) is 24.5 Å². The standard InChI is InChI=1S/C17H22N6/c18-16(19)12-2-6-14(7-3-12)22-10-1-11-23-15-8-4-13(5-9-15)17(20)21/h2-9,22-23H,1,10-11H2,(H3,18,19)(H3,20,21)/p+2. The largest absolute Gasteiger partial charge is 0.385 e. The Bertz CT molecular complexity index is 601. The third-order valence-electron chi connectivity index (χ3n) is 3.45. The van der Waals surface area contributed by atoms with Crippen LogP contribution in [-0.4, -0.2) is 24.8 Å². The van der Waals surface area contributed by atoms with Gasteiger partial charge in [0.25, 0.3) is 11.7 Å². The van der Waals surface area contributed by atoms with Crippen molar-refractivity contribution in [1.82, 2.24) is 0 Å². The van der Waals surface area contributed by atoms with Crippen LogP contribution in [-0.2, 0) is 0 Å². The molecular weight excluding hydrogens is 288 g/mol. The van der Waals surface area contributed by atoms with E-state index < -0.39 is 0 Å². The molecular formula is C17H24N6+2. The Balaban J connectivity index is 1.69. The molecule has 0 saturated carbocycles. The maximum absolute atomic E-state index is 5.54. The van der Waals surface area contributed by atoms with E-state index in [1.54, 1.807) is 0 Å². The lowest BCUT2D eigenvalue weighted by Crippen LogP contribution is -2.46. The number of nitrogens with one attached hydrogen (secondary N) is 2. The SMILES string of the molecule is NC(=[NH2+])c1ccc(NCCCNc2ccc(C(N)=[NH2+])cc2)cc1. The summed E-state index contributed by atoms with van der Waals surface area (Å²) >= 11 is 0. The van der Waals surface area contributed by atoms with Gasteiger partial charge in [-0.05, 0) is 55.0 Å². The Morgan fingerprint density at radius 2 is 1.04 bits per heavy atom. The summed E-state index contributed by atoms with van der Waals surface area (Å²) in [7, 11) is 0. The van der Waals surface area contributed by atoms with E-state index in [4.69, 9.17) is 22.3 Å². The predicted octanol–water partition coefficient (Wildman–Crippen LogP) is -1.47. The van der Waals surface area contributed by atoms with E-state index in [0.717, 1.165) is 42.0 Å². The summed E-state index contributed by atoms with van der Waals surface area (Å²) in [6.45, 7) is 1.74. The summed E-state index contributed by atoms with van der Waals surface area (Å²) in [4.78, 5) is 0. The lowest BCUT2D eigenvalue weighted by atomic mass is 10.2. The fourth-order valence-corrected chi connectivity index (χ4v) is 2.11. The van der Waals surface area contributed by atoms with Crippen molar-refractivity contribution in [2.45, 2.75) is 6.42 Å². The van der Waals surface area contributed by atoms with Gasteiger partial charge in [0.15, 0.2) is 0 Å². The minimum atomic E-state index is 0.334. The summed E-state index contributed by atoms with van der Waals surface area (Å²) in [5, 5.41) is 17.8. The number of rotatable bonds is 8. The fourth-order valence-electron chi connectivity index (χ4n) is 2.11. The molecule has 2 aromatic rings. The Kier molecular flexibility index (Phi) is 5.57. The van der Waals surface area contributed by atoms with Crippen molar-refractivity contribution in [2.24, 2.45) is 11.5 Å². The van der Waals surface area contributed by atoms with Crippen molar-refractivity contribution in [3.63, 3.8) is 0 Å². The van der Waals surface area contributed by atoms with Crippen LogP contribution in [0.1, 0.15) is 17.5 Å². The molecule has 120 valence electrons. The molecule has 23 heavy (non-hydrogen) atoms. The zero-order valence-corrected chi connectivity index (χ0v) is 13.0. The van der Waals surface area contributed by atoms with Gasteiger partial charge in [-0.3, -0.25) is 22.3 Å². The van der Waals surface area contributed by atoms with Gasteiger partial charge >= 0.3 is 0 Å². The number of hydrogen-bond donors (Lipinski definition) is 6. The van der Waals surface area contributed by atoms with Gasteiger partial charge in [0.1, 0.15) is 0 Å². The summed E-state index contributed by atoms with van der Waals surface area (Å²) < 4.78 is 0. The second-order valence-electron chi connectivity index (χ2n) is 5.27. The van der Waals surface area contributed by atoms with E-state index in [2.05, 4.69) is 10.6 Å². The van der Waals surface area contributed by atoms with E-state index in [1.165, 1.54) is 0 Å². The number of hydrogen-bond acceptors (Lipinski definition) is 2. The molecule has 0 bridgehead atoms.